The van der Waals surface area contributed by atoms with Crippen LogP contribution in [0.3, 0.4) is 0 Å². The topological polar surface area (TPSA) is 83.1 Å². The van der Waals surface area contributed by atoms with Crippen LogP contribution in [0.4, 0.5) is 17.6 Å². The number of nitriles is 1. The van der Waals surface area contributed by atoms with Crippen molar-refractivity contribution in [1.82, 2.24) is 19.9 Å². The summed E-state index contributed by atoms with van der Waals surface area (Å²) in [4.78, 5) is 16.5. The first kappa shape index (κ1) is 19.3. The van der Waals surface area contributed by atoms with E-state index in [0.29, 0.717) is 5.69 Å². The van der Waals surface area contributed by atoms with Gasteiger partial charge in [-0.1, -0.05) is 0 Å². The molecule has 0 aliphatic carbocycles. The predicted molar refractivity (Wildman–Crippen MR) is 90.8 cm³/mol. The molecule has 0 unspecified atom stereocenters. The van der Waals surface area contributed by atoms with Crippen LogP contribution in [-0.2, 0) is 0 Å². The Bertz CT molecular complexity index is 1110. The minimum atomic E-state index is -4.60. The van der Waals surface area contributed by atoms with E-state index in [2.05, 4.69) is 10.1 Å². The number of alkyl halides is 3. The van der Waals surface area contributed by atoms with E-state index in [-0.39, 0.29) is 28.0 Å². The summed E-state index contributed by atoms with van der Waals surface area (Å²) in [6, 6.07) is 4.95. The van der Waals surface area contributed by atoms with Crippen molar-refractivity contribution in [3.05, 3.63) is 53.1 Å². The van der Waals surface area contributed by atoms with Gasteiger partial charge >= 0.3 is 6.18 Å². The second kappa shape index (κ2) is 6.92. The molecule has 28 heavy (non-hydrogen) atoms. The molecule has 0 aliphatic heterocycles. The predicted octanol–water partition coefficient (Wildman–Crippen LogP) is 3.40. The zero-order valence-corrected chi connectivity index (χ0v) is 14.7. The maximum atomic E-state index is 13.7. The molecule has 1 aromatic carbocycles. The second-order valence-electron chi connectivity index (χ2n) is 6.11. The average Bonchev–Trinajstić information content (AvgIpc) is 3.05. The molecular weight excluding hydrogens is 378 g/mol. The van der Waals surface area contributed by atoms with Crippen molar-refractivity contribution in [1.29, 1.82) is 5.26 Å². The molecule has 0 spiro atoms. The summed E-state index contributed by atoms with van der Waals surface area (Å²) in [5, 5.41) is 15.1. The number of nitrogens with one attached hydrogen (secondary N) is 1. The highest BCUT2D eigenvalue weighted by Gasteiger charge is 2.37. The van der Waals surface area contributed by atoms with Gasteiger partial charge in [-0.25, -0.2) is 13.9 Å². The number of carbonyl (C=O) groups is 1. The number of aromatic nitrogens is 3. The SMILES string of the molecule is Cc1cc(-c2cc(F)ccc2C#N)nc2c(C(=O)N[C@@H](C)C(F)(F)F)cnn12. The van der Waals surface area contributed by atoms with Crippen LogP contribution in [-0.4, -0.2) is 32.7 Å². The van der Waals surface area contributed by atoms with Crippen molar-refractivity contribution in [3.63, 3.8) is 0 Å². The number of hydrogen-bond donors (Lipinski definition) is 1. The highest BCUT2D eigenvalue weighted by Crippen LogP contribution is 2.26. The molecule has 0 radical (unpaired) electrons. The van der Waals surface area contributed by atoms with Gasteiger partial charge in [0.1, 0.15) is 17.4 Å². The number of nitrogens with zero attached hydrogens (tertiary/aromatic N) is 4. The molecule has 3 rings (SSSR count). The normalized spacial score (nSPS) is 12.6. The monoisotopic (exact) mass is 391 g/mol. The van der Waals surface area contributed by atoms with E-state index < -0.39 is 23.9 Å². The summed E-state index contributed by atoms with van der Waals surface area (Å²) in [5.74, 6) is -1.58. The minimum Gasteiger partial charge on any atom is -0.340 e. The first-order valence-corrected chi connectivity index (χ1v) is 8.05. The molecule has 1 N–H and O–H groups in total. The number of fused-ring (bicyclic) bond motifs is 1. The molecule has 0 bridgehead atoms. The number of hydrogen-bond acceptors (Lipinski definition) is 4. The number of amides is 1. The third-order valence-electron chi connectivity index (χ3n) is 4.11. The molecule has 144 valence electrons. The minimum absolute atomic E-state index is 0.00461. The molecule has 2 heterocycles. The van der Waals surface area contributed by atoms with E-state index in [1.165, 1.54) is 16.6 Å². The molecule has 2 aromatic heterocycles. The lowest BCUT2D eigenvalue weighted by atomic mass is 10.0. The van der Waals surface area contributed by atoms with E-state index >= 15 is 0 Å². The number of halogens is 4. The van der Waals surface area contributed by atoms with Crippen LogP contribution in [0.25, 0.3) is 16.9 Å². The Morgan fingerprint density at radius 3 is 2.68 bits per heavy atom. The largest absolute Gasteiger partial charge is 0.408 e. The van der Waals surface area contributed by atoms with Gasteiger partial charge in [-0.3, -0.25) is 4.79 Å². The van der Waals surface area contributed by atoms with Gasteiger partial charge in [-0.15, -0.1) is 0 Å². The molecule has 0 fully saturated rings. The van der Waals surface area contributed by atoms with Crippen LogP contribution in [0.15, 0.2) is 30.5 Å². The molecule has 6 nitrogen and oxygen atoms in total. The maximum Gasteiger partial charge on any atom is 0.408 e. The summed E-state index contributed by atoms with van der Waals surface area (Å²) in [6.07, 6.45) is -3.50. The lowest BCUT2D eigenvalue weighted by molar-refractivity contribution is -0.149. The van der Waals surface area contributed by atoms with Crippen molar-refractivity contribution in [3.8, 4) is 17.3 Å². The zero-order chi connectivity index (χ0) is 20.6. The van der Waals surface area contributed by atoms with Gasteiger partial charge in [-0.2, -0.15) is 23.5 Å². The summed E-state index contributed by atoms with van der Waals surface area (Å²) in [5.41, 5.74) is 0.875. The van der Waals surface area contributed by atoms with Crippen LogP contribution in [0.5, 0.6) is 0 Å². The molecule has 3 aromatic rings. The van der Waals surface area contributed by atoms with Crippen LogP contribution in [0, 0.1) is 24.1 Å². The van der Waals surface area contributed by atoms with Crippen LogP contribution in [0.1, 0.15) is 28.5 Å². The Morgan fingerprint density at radius 2 is 2.04 bits per heavy atom. The Kier molecular flexibility index (Phi) is 4.77. The number of carbonyl (C=O) groups excluding carboxylic acids is 1. The maximum absolute atomic E-state index is 13.7. The smallest absolute Gasteiger partial charge is 0.340 e. The van der Waals surface area contributed by atoms with E-state index in [9.17, 15) is 27.6 Å². The van der Waals surface area contributed by atoms with Gasteiger partial charge in [0.05, 0.1) is 23.5 Å². The summed E-state index contributed by atoms with van der Waals surface area (Å²) in [7, 11) is 0. The number of aryl methyl sites for hydroxylation is 1. The Morgan fingerprint density at radius 1 is 1.32 bits per heavy atom. The van der Waals surface area contributed by atoms with Crippen molar-refractivity contribution >= 4 is 11.6 Å². The van der Waals surface area contributed by atoms with E-state index in [1.54, 1.807) is 6.92 Å². The third-order valence-corrected chi connectivity index (χ3v) is 4.11. The van der Waals surface area contributed by atoms with Crippen molar-refractivity contribution in [2.75, 3.05) is 0 Å². The highest BCUT2D eigenvalue weighted by atomic mass is 19.4. The first-order valence-electron chi connectivity index (χ1n) is 8.05. The van der Waals surface area contributed by atoms with Gasteiger partial charge in [0, 0.05) is 11.3 Å². The summed E-state index contributed by atoms with van der Waals surface area (Å²) in [6.45, 7) is 2.45. The second-order valence-corrected chi connectivity index (χ2v) is 6.11. The summed E-state index contributed by atoms with van der Waals surface area (Å²) >= 11 is 0. The van der Waals surface area contributed by atoms with Crippen molar-refractivity contribution in [2.45, 2.75) is 26.1 Å². The van der Waals surface area contributed by atoms with Gasteiger partial charge in [-0.05, 0) is 38.1 Å². The van der Waals surface area contributed by atoms with Gasteiger partial charge in [0.15, 0.2) is 5.65 Å². The fourth-order valence-corrected chi connectivity index (χ4v) is 2.59. The molecule has 0 saturated carbocycles. The third kappa shape index (κ3) is 3.51. The fraction of sp³-hybridized carbons (Fsp3) is 0.222. The van der Waals surface area contributed by atoms with Crippen molar-refractivity contribution < 1.29 is 22.4 Å². The van der Waals surface area contributed by atoms with Crippen LogP contribution in [0.2, 0.25) is 0 Å². The quantitative estimate of drug-likeness (QED) is 0.694. The molecule has 0 aliphatic rings. The molecule has 1 amide bonds. The van der Waals surface area contributed by atoms with E-state index in [0.717, 1.165) is 25.3 Å². The lowest BCUT2D eigenvalue weighted by Crippen LogP contribution is -2.43. The van der Waals surface area contributed by atoms with Crippen LogP contribution < -0.4 is 5.32 Å². The summed E-state index contributed by atoms with van der Waals surface area (Å²) < 4.78 is 53.1. The zero-order valence-electron chi connectivity index (χ0n) is 14.7. The van der Waals surface area contributed by atoms with Gasteiger partial charge in [0.25, 0.3) is 5.91 Å². The lowest BCUT2D eigenvalue weighted by Gasteiger charge is -2.16. The van der Waals surface area contributed by atoms with E-state index in [1.807, 2.05) is 11.4 Å². The molecule has 10 heteroatoms. The van der Waals surface area contributed by atoms with Crippen molar-refractivity contribution in [2.24, 2.45) is 0 Å². The fourth-order valence-electron chi connectivity index (χ4n) is 2.59. The molecule has 0 saturated heterocycles. The molecular formula is C18H13F4N5O. The number of benzene rings is 1. The standard InChI is InChI=1S/C18H13F4N5O/c1-9-5-15(13-6-12(19)4-3-11(13)7-23)26-16-14(8-24-27(9)16)17(28)25-10(2)18(20,21)22/h3-6,8,10H,1-2H3,(H,25,28)/t10-/m0/s1. The molecule has 1 atom stereocenters. The average molecular weight is 391 g/mol. The Hall–Kier alpha value is -3.48. The Labute approximate surface area is 156 Å². The van der Waals surface area contributed by atoms with Gasteiger partial charge < -0.3 is 5.32 Å². The van der Waals surface area contributed by atoms with Crippen LogP contribution >= 0.6 is 0 Å². The van der Waals surface area contributed by atoms with Gasteiger partial charge in [0.2, 0.25) is 0 Å². The highest BCUT2D eigenvalue weighted by molar-refractivity contribution is 6.00. The van der Waals surface area contributed by atoms with E-state index in [4.69, 9.17) is 0 Å². The Balaban J connectivity index is 2.11. The number of rotatable bonds is 3. The first-order chi connectivity index (χ1) is 13.1.